The van der Waals surface area contributed by atoms with Crippen LogP contribution < -0.4 is 16.4 Å². The van der Waals surface area contributed by atoms with Crippen LogP contribution in [-0.4, -0.2) is 29.6 Å². The number of primary amides is 1. The molecule has 0 aliphatic carbocycles. The van der Waals surface area contributed by atoms with Crippen molar-refractivity contribution in [2.24, 2.45) is 11.1 Å². The summed E-state index contributed by atoms with van der Waals surface area (Å²) < 4.78 is 0. The van der Waals surface area contributed by atoms with E-state index in [1.165, 1.54) is 6.07 Å². The zero-order valence-electron chi connectivity index (χ0n) is 12.2. The van der Waals surface area contributed by atoms with Crippen molar-refractivity contribution in [2.45, 2.75) is 20.8 Å². The number of carbonyl (C=O) groups excluding carboxylic acids is 2. The molecule has 1 aromatic rings. The summed E-state index contributed by atoms with van der Waals surface area (Å²) >= 11 is 0. The fourth-order valence-electron chi connectivity index (χ4n) is 1.56. The molecule has 114 valence electrons. The van der Waals surface area contributed by atoms with Gasteiger partial charge in [-0.05, 0) is 32.4 Å². The van der Waals surface area contributed by atoms with Crippen molar-refractivity contribution in [1.29, 1.82) is 0 Å². The predicted molar refractivity (Wildman–Crippen MR) is 78.1 cm³/mol. The van der Waals surface area contributed by atoms with E-state index in [0.717, 1.165) is 0 Å². The van der Waals surface area contributed by atoms with Gasteiger partial charge in [-0.15, -0.1) is 0 Å². The number of urea groups is 1. The quantitative estimate of drug-likeness (QED) is 0.654. The Morgan fingerprint density at radius 2 is 1.90 bits per heavy atom. The van der Waals surface area contributed by atoms with Crippen molar-refractivity contribution < 1.29 is 19.5 Å². The van der Waals surface area contributed by atoms with Crippen LogP contribution in [0.25, 0.3) is 0 Å². The summed E-state index contributed by atoms with van der Waals surface area (Å²) in [6.45, 7) is 4.94. The van der Waals surface area contributed by atoms with E-state index in [2.05, 4.69) is 10.6 Å². The number of para-hydroxylation sites is 1. The van der Waals surface area contributed by atoms with Crippen molar-refractivity contribution in [3.8, 4) is 0 Å². The Bertz CT molecular complexity index is 582. The summed E-state index contributed by atoms with van der Waals surface area (Å²) in [4.78, 5) is 34.1. The second-order valence-corrected chi connectivity index (χ2v) is 5.36. The van der Waals surface area contributed by atoms with Crippen molar-refractivity contribution in [1.82, 2.24) is 5.32 Å². The maximum Gasteiger partial charge on any atom is 0.337 e. The molecule has 7 heteroatoms. The average molecular weight is 293 g/mol. The van der Waals surface area contributed by atoms with Crippen LogP contribution in [-0.2, 0) is 4.79 Å². The number of carboxylic acid groups (broad SMARTS) is 1. The van der Waals surface area contributed by atoms with Gasteiger partial charge >= 0.3 is 12.0 Å². The van der Waals surface area contributed by atoms with Crippen LogP contribution in [0.4, 0.5) is 10.5 Å². The third kappa shape index (κ3) is 4.20. The number of rotatable bonds is 5. The second-order valence-electron chi connectivity index (χ2n) is 5.36. The molecule has 0 fully saturated rings. The maximum atomic E-state index is 11.8. The molecule has 0 aliphatic heterocycles. The van der Waals surface area contributed by atoms with Crippen molar-refractivity contribution in [3.63, 3.8) is 0 Å². The van der Waals surface area contributed by atoms with E-state index < -0.39 is 23.3 Å². The molecule has 0 bridgehead atoms. The number of nitrogens with one attached hydrogen (secondary N) is 2. The predicted octanol–water partition coefficient (Wildman–Crippen LogP) is 1.33. The number of aromatic carboxylic acids is 1. The highest BCUT2D eigenvalue weighted by Crippen LogP contribution is 2.20. The van der Waals surface area contributed by atoms with Gasteiger partial charge in [-0.2, -0.15) is 0 Å². The van der Waals surface area contributed by atoms with Crippen LogP contribution in [0.1, 0.15) is 29.8 Å². The second kappa shape index (κ2) is 6.25. The zero-order chi connectivity index (χ0) is 16.2. The first-order valence-electron chi connectivity index (χ1n) is 6.33. The minimum Gasteiger partial charge on any atom is -0.478 e. The van der Waals surface area contributed by atoms with E-state index in [-0.39, 0.29) is 17.8 Å². The number of nitrogens with two attached hydrogens (primary N) is 1. The fraction of sp³-hybridized carbons (Fsp3) is 0.357. The third-order valence-electron chi connectivity index (χ3n) is 3.10. The molecular weight excluding hydrogens is 274 g/mol. The molecule has 0 saturated heterocycles. The summed E-state index contributed by atoms with van der Waals surface area (Å²) in [7, 11) is 0. The van der Waals surface area contributed by atoms with E-state index in [4.69, 9.17) is 10.8 Å². The number of carbonyl (C=O) groups is 3. The first-order valence-corrected chi connectivity index (χ1v) is 6.33. The standard InChI is InChI=1S/C14H19N3O4/c1-8-5-4-6-9(11(18)19)10(8)17-13(21)16-7-14(2,3)12(15)20/h4-6H,7H2,1-3H3,(H2,15,20)(H,18,19)(H2,16,17,21). The van der Waals surface area contributed by atoms with Crippen LogP contribution in [0, 0.1) is 12.3 Å². The Hall–Kier alpha value is -2.57. The van der Waals surface area contributed by atoms with Gasteiger partial charge < -0.3 is 21.5 Å². The minimum atomic E-state index is -1.13. The molecule has 1 rings (SSSR count). The monoisotopic (exact) mass is 293 g/mol. The molecule has 0 unspecified atom stereocenters. The van der Waals surface area contributed by atoms with E-state index in [1.807, 2.05) is 0 Å². The number of benzene rings is 1. The van der Waals surface area contributed by atoms with Crippen LogP contribution in [0.3, 0.4) is 0 Å². The van der Waals surface area contributed by atoms with Crippen molar-refractivity contribution in [2.75, 3.05) is 11.9 Å². The molecule has 1 aromatic carbocycles. The van der Waals surface area contributed by atoms with Crippen LogP contribution in [0.5, 0.6) is 0 Å². The summed E-state index contributed by atoms with van der Waals surface area (Å²) in [6, 6.07) is 4.09. The van der Waals surface area contributed by atoms with Crippen molar-refractivity contribution >= 4 is 23.6 Å². The van der Waals surface area contributed by atoms with Gasteiger partial charge in [-0.1, -0.05) is 12.1 Å². The Morgan fingerprint density at radius 1 is 1.29 bits per heavy atom. The molecule has 21 heavy (non-hydrogen) atoms. The van der Waals surface area contributed by atoms with Crippen molar-refractivity contribution in [3.05, 3.63) is 29.3 Å². The highest BCUT2D eigenvalue weighted by molar-refractivity contribution is 6.01. The third-order valence-corrected chi connectivity index (χ3v) is 3.10. The van der Waals surface area contributed by atoms with E-state index in [0.29, 0.717) is 5.56 Å². The Balaban J connectivity index is 2.81. The number of aryl methyl sites for hydroxylation is 1. The number of amides is 3. The lowest BCUT2D eigenvalue weighted by Gasteiger charge is -2.21. The lowest BCUT2D eigenvalue weighted by molar-refractivity contribution is -0.125. The molecule has 5 N–H and O–H groups in total. The van der Waals surface area contributed by atoms with Gasteiger partial charge in [0.2, 0.25) is 5.91 Å². The molecule has 3 amide bonds. The molecule has 7 nitrogen and oxygen atoms in total. The van der Waals surface area contributed by atoms with E-state index in [9.17, 15) is 14.4 Å². The van der Waals surface area contributed by atoms with Gasteiger partial charge in [0.1, 0.15) is 0 Å². The first-order chi connectivity index (χ1) is 9.65. The normalized spacial score (nSPS) is 10.8. The van der Waals surface area contributed by atoms with E-state index in [1.54, 1.807) is 32.9 Å². The Kier molecular flexibility index (Phi) is 4.91. The number of hydrogen-bond donors (Lipinski definition) is 4. The van der Waals surface area contributed by atoms with Gasteiger partial charge in [-0.25, -0.2) is 9.59 Å². The molecule has 0 radical (unpaired) electrons. The fourth-order valence-corrected chi connectivity index (χ4v) is 1.56. The molecule has 0 heterocycles. The number of anilines is 1. The largest absolute Gasteiger partial charge is 0.478 e. The van der Waals surface area contributed by atoms with Gasteiger partial charge in [-0.3, -0.25) is 4.79 Å². The topological polar surface area (TPSA) is 122 Å². The number of carboxylic acids is 1. The highest BCUT2D eigenvalue weighted by Gasteiger charge is 2.25. The molecule has 0 saturated carbocycles. The summed E-state index contributed by atoms with van der Waals surface area (Å²) in [5.74, 6) is -1.67. The highest BCUT2D eigenvalue weighted by atomic mass is 16.4. The molecule has 0 aromatic heterocycles. The van der Waals surface area contributed by atoms with E-state index >= 15 is 0 Å². The SMILES string of the molecule is Cc1cccc(C(=O)O)c1NC(=O)NCC(C)(C)C(N)=O. The lowest BCUT2D eigenvalue weighted by atomic mass is 9.93. The smallest absolute Gasteiger partial charge is 0.337 e. The maximum absolute atomic E-state index is 11.8. The Labute approximate surface area is 122 Å². The Morgan fingerprint density at radius 3 is 2.43 bits per heavy atom. The summed E-state index contributed by atoms with van der Waals surface area (Å²) in [5, 5.41) is 14.1. The van der Waals surface area contributed by atoms with Crippen LogP contribution in [0.2, 0.25) is 0 Å². The van der Waals surface area contributed by atoms with Crippen LogP contribution >= 0.6 is 0 Å². The molecular formula is C14H19N3O4. The lowest BCUT2D eigenvalue weighted by Crippen LogP contribution is -2.43. The first kappa shape index (κ1) is 16.5. The molecule has 0 aliphatic rings. The minimum absolute atomic E-state index is 0.000638. The van der Waals surface area contributed by atoms with Crippen LogP contribution in [0.15, 0.2) is 18.2 Å². The van der Waals surface area contributed by atoms with Gasteiger partial charge in [0.25, 0.3) is 0 Å². The van der Waals surface area contributed by atoms with Gasteiger partial charge in [0.05, 0.1) is 16.7 Å². The molecule has 0 atom stereocenters. The van der Waals surface area contributed by atoms with Gasteiger partial charge in [0.15, 0.2) is 0 Å². The molecule has 0 spiro atoms. The summed E-state index contributed by atoms with van der Waals surface area (Å²) in [5.41, 5.74) is 5.16. The average Bonchev–Trinajstić information content (AvgIpc) is 2.38. The zero-order valence-corrected chi connectivity index (χ0v) is 12.2. The number of hydrogen-bond acceptors (Lipinski definition) is 3. The summed E-state index contributed by atoms with van der Waals surface area (Å²) in [6.07, 6.45) is 0. The van der Waals surface area contributed by atoms with Gasteiger partial charge in [0, 0.05) is 6.54 Å².